The van der Waals surface area contributed by atoms with Crippen LogP contribution in [0.1, 0.15) is 23.1 Å². The Balaban J connectivity index is 1.85. The molecule has 0 aliphatic carbocycles. The molecule has 1 aromatic carbocycles. The first-order valence-corrected chi connectivity index (χ1v) is 7.77. The third kappa shape index (κ3) is 4.00. The lowest BCUT2D eigenvalue weighted by Crippen LogP contribution is -2.34. The summed E-state index contributed by atoms with van der Waals surface area (Å²) in [7, 11) is 1.82. The summed E-state index contributed by atoms with van der Waals surface area (Å²) in [6.45, 7) is 1.84. The Kier molecular flexibility index (Phi) is 4.74. The molecule has 6 nitrogen and oxygen atoms in total. The van der Waals surface area contributed by atoms with Crippen molar-refractivity contribution in [3.63, 3.8) is 0 Å². The van der Waals surface area contributed by atoms with Gasteiger partial charge in [0.15, 0.2) is 0 Å². The van der Waals surface area contributed by atoms with E-state index in [-0.39, 0.29) is 5.82 Å². The number of hydrogen-bond donors (Lipinski definition) is 2. The lowest BCUT2D eigenvalue weighted by atomic mass is 10.1. The van der Waals surface area contributed by atoms with Crippen LogP contribution in [0.25, 0.3) is 0 Å². The summed E-state index contributed by atoms with van der Waals surface area (Å²) in [5.41, 5.74) is 1.39. The highest BCUT2D eigenvalue weighted by molar-refractivity contribution is 5.88. The Morgan fingerprint density at radius 3 is 2.72 bits per heavy atom. The molecule has 0 fully saturated rings. The number of halogens is 1. The zero-order valence-corrected chi connectivity index (χ0v) is 13.9. The molecule has 2 amide bonds. The molecule has 2 aromatic heterocycles. The van der Waals surface area contributed by atoms with Crippen LogP contribution in [0.3, 0.4) is 0 Å². The molecule has 0 aliphatic heterocycles. The van der Waals surface area contributed by atoms with E-state index in [0.29, 0.717) is 17.2 Å². The van der Waals surface area contributed by atoms with E-state index >= 15 is 0 Å². The van der Waals surface area contributed by atoms with Gasteiger partial charge < -0.3 is 9.88 Å². The van der Waals surface area contributed by atoms with E-state index < -0.39 is 12.1 Å². The number of amides is 2. The monoisotopic (exact) mass is 339 g/mol. The molecule has 2 heterocycles. The number of rotatable bonds is 4. The first-order valence-electron chi connectivity index (χ1n) is 7.77. The van der Waals surface area contributed by atoms with Gasteiger partial charge in [-0.15, -0.1) is 0 Å². The number of carbonyl (C=O) groups is 1. The molecule has 0 saturated carbocycles. The Morgan fingerprint density at radius 1 is 1.24 bits per heavy atom. The highest BCUT2D eigenvalue weighted by Gasteiger charge is 2.21. The molecule has 1 atom stereocenters. The van der Waals surface area contributed by atoms with Crippen molar-refractivity contribution >= 4 is 11.8 Å². The van der Waals surface area contributed by atoms with Crippen molar-refractivity contribution in [2.45, 2.75) is 13.0 Å². The van der Waals surface area contributed by atoms with Gasteiger partial charge >= 0.3 is 6.03 Å². The predicted molar refractivity (Wildman–Crippen MR) is 92.6 cm³/mol. The predicted octanol–water partition coefficient (Wildman–Crippen LogP) is 3.17. The van der Waals surface area contributed by atoms with Crippen molar-refractivity contribution in [3.05, 3.63) is 77.8 Å². The van der Waals surface area contributed by atoms with Gasteiger partial charge in [0.05, 0.1) is 0 Å². The summed E-state index contributed by atoms with van der Waals surface area (Å²) >= 11 is 0. The van der Waals surface area contributed by atoms with Gasteiger partial charge in [0, 0.05) is 25.1 Å². The quantitative estimate of drug-likeness (QED) is 0.767. The van der Waals surface area contributed by atoms with Crippen LogP contribution in [0, 0.1) is 12.7 Å². The Morgan fingerprint density at radius 2 is 2.04 bits per heavy atom. The molecular weight excluding hydrogens is 321 g/mol. The number of benzene rings is 1. The average Bonchev–Trinajstić information content (AvgIpc) is 2.98. The van der Waals surface area contributed by atoms with Gasteiger partial charge in [-0.2, -0.15) is 0 Å². The molecule has 128 valence electrons. The molecule has 3 aromatic rings. The summed E-state index contributed by atoms with van der Waals surface area (Å²) in [5.74, 6) is 0.660. The van der Waals surface area contributed by atoms with Crippen LogP contribution in [-0.2, 0) is 7.05 Å². The zero-order valence-electron chi connectivity index (χ0n) is 13.9. The van der Waals surface area contributed by atoms with Crippen LogP contribution in [0.15, 0.2) is 54.9 Å². The number of nitrogens with zero attached hydrogens (tertiary/aromatic N) is 3. The first kappa shape index (κ1) is 16.6. The number of urea groups is 1. The largest absolute Gasteiger partial charge is 0.336 e. The standard InChI is InChI=1S/C18H18FN5O/c1-12-5-3-8-15(21-12)22-18(25)23-16(17-20-9-10-24(17)2)13-6-4-7-14(19)11-13/h3-11,16H,1-2H3,(H2,21,22,23,25)/t16-/m0/s1. The second-order valence-corrected chi connectivity index (χ2v) is 5.65. The van der Waals surface area contributed by atoms with Crippen molar-refractivity contribution in [1.82, 2.24) is 19.9 Å². The Labute approximate surface area is 144 Å². The maximum Gasteiger partial charge on any atom is 0.321 e. The van der Waals surface area contributed by atoms with Gasteiger partial charge in [-0.1, -0.05) is 18.2 Å². The number of nitrogens with one attached hydrogen (secondary N) is 2. The topological polar surface area (TPSA) is 71.8 Å². The van der Waals surface area contributed by atoms with E-state index in [1.54, 1.807) is 41.2 Å². The summed E-state index contributed by atoms with van der Waals surface area (Å²) in [6.07, 6.45) is 3.40. The minimum absolute atomic E-state index is 0.376. The maximum absolute atomic E-state index is 13.6. The van der Waals surface area contributed by atoms with E-state index in [4.69, 9.17) is 0 Å². The van der Waals surface area contributed by atoms with Gasteiger partial charge in [-0.3, -0.25) is 5.32 Å². The van der Waals surface area contributed by atoms with Crippen LogP contribution in [0.4, 0.5) is 15.0 Å². The number of aromatic nitrogens is 3. The second-order valence-electron chi connectivity index (χ2n) is 5.65. The van der Waals surface area contributed by atoms with E-state index in [0.717, 1.165) is 5.69 Å². The minimum atomic E-state index is -0.597. The average molecular weight is 339 g/mol. The Bertz CT molecular complexity index is 892. The van der Waals surface area contributed by atoms with Crippen molar-refractivity contribution in [1.29, 1.82) is 0 Å². The summed E-state index contributed by atoms with van der Waals surface area (Å²) in [5, 5.41) is 5.52. The van der Waals surface area contributed by atoms with Crippen LogP contribution < -0.4 is 10.6 Å². The van der Waals surface area contributed by atoms with Gasteiger partial charge in [0.1, 0.15) is 23.5 Å². The van der Waals surface area contributed by atoms with E-state index in [1.807, 2.05) is 20.0 Å². The lowest BCUT2D eigenvalue weighted by Gasteiger charge is -2.19. The smallest absolute Gasteiger partial charge is 0.321 e. The SMILES string of the molecule is Cc1cccc(NC(=O)N[C@@H](c2cccc(F)c2)c2nccn2C)n1. The molecule has 0 spiro atoms. The van der Waals surface area contributed by atoms with E-state index in [1.165, 1.54) is 12.1 Å². The minimum Gasteiger partial charge on any atom is -0.336 e. The number of anilines is 1. The number of aryl methyl sites for hydroxylation is 2. The third-order valence-corrected chi connectivity index (χ3v) is 3.70. The number of imidazole rings is 1. The molecule has 0 saturated heterocycles. The van der Waals surface area contributed by atoms with E-state index in [9.17, 15) is 9.18 Å². The van der Waals surface area contributed by atoms with Crippen LogP contribution in [0.5, 0.6) is 0 Å². The fourth-order valence-electron chi connectivity index (χ4n) is 2.53. The summed E-state index contributed by atoms with van der Waals surface area (Å²) in [4.78, 5) is 20.9. The highest BCUT2D eigenvalue weighted by atomic mass is 19.1. The van der Waals surface area contributed by atoms with Gasteiger partial charge in [0.2, 0.25) is 0 Å². The summed E-state index contributed by atoms with van der Waals surface area (Å²) < 4.78 is 15.4. The molecule has 0 aliphatic rings. The van der Waals surface area contributed by atoms with Gasteiger partial charge in [0.25, 0.3) is 0 Å². The van der Waals surface area contributed by atoms with Crippen LogP contribution in [0.2, 0.25) is 0 Å². The molecule has 0 radical (unpaired) electrons. The first-order chi connectivity index (χ1) is 12.0. The summed E-state index contributed by atoms with van der Waals surface area (Å²) in [6, 6.07) is 10.4. The highest BCUT2D eigenvalue weighted by Crippen LogP contribution is 2.21. The van der Waals surface area contributed by atoms with Crippen molar-refractivity contribution < 1.29 is 9.18 Å². The molecular formula is C18H18FN5O. The molecule has 3 rings (SSSR count). The fraction of sp³-hybridized carbons (Fsp3) is 0.167. The lowest BCUT2D eigenvalue weighted by molar-refractivity contribution is 0.249. The third-order valence-electron chi connectivity index (χ3n) is 3.70. The Hall–Kier alpha value is -3.22. The van der Waals surface area contributed by atoms with Crippen molar-refractivity contribution in [2.24, 2.45) is 7.05 Å². The van der Waals surface area contributed by atoms with Crippen LogP contribution in [-0.4, -0.2) is 20.6 Å². The molecule has 0 bridgehead atoms. The molecule has 25 heavy (non-hydrogen) atoms. The number of carbonyl (C=O) groups excluding carboxylic acids is 1. The molecule has 0 unspecified atom stereocenters. The van der Waals surface area contributed by atoms with Gasteiger partial charge in [-0.25, -0.2) is 19.2 Å². The zero-order chi connectivity index (χ0) is 17.8. The fourth-order valence-corrected chi connectivity index (χ4v) is 2.53. The molecule has 2 N–H and O–H groups in total. The normalized spacial score (nSPS) is 11.8. The molecule has 7 heteroatoms. The number of hydrogen-bond acceptors (Lipinski definition) is 3. The van der Waals surface area contributed by atoms with Crippen molar-refractivity contribution in [3.8, 4) is 0 Å². The maximum atomic E-state index is 13.6. The number of pyridine rings is 1. The second kappa shape index (κ2) is 7.12. The van der Waals surface area contributed by atoms with E-state index in [2.05, 4.69) is 20.6 Å². The van der Waals surface area contributed by atoms with Crippen LogP contribution >= 0.6 is 0 Å². The van der Waals surface area contributed by atoms with Gasteiger partial charge in [-0.05, 0) is 36.8 Å². The van der Waals surface area contributed by atoms with Crippen molar-refractivity contribution in [2.75, 3.05) is 5.32 Å².